The van der Waals surface area contributed by atoms with Crippen molar-refractivity contribution < 1.29 is 4.42 Å². The number of hydrogen-bond donors (Lipinski definition) is 0. The largest absolute Gasteiger partial charge is 0.456 e. The minimum Gasteiger partial charge on any atom is -0.456 e. The Morgan fingerprint density at radius 1 is 0.762 bits per heavy atom. The van der Waals surface area contributed by atoms with Crippen LogP contribution in [0.2, 0.25) is 0 Å². The van der Waals surface area contributed by atoms with Crippen molar-refractivity contribution in [2.75, 3.05) is 0 Å². The molecule has 0 bridgehead atoms. The molecule has 0 N–H and O–H groups in total. The first-order valence-corrected chi connectivity index (χ1v) is 7.69. The summed E-state index contributed by atoms with van der Waals surface area (Å²) in [5, 5.41) is 2.31. The van der Waals surface area contributed by atoms with E-state index in [-0.39, 0.29) is 0 Å². The van der Waals surface area contributed by atoms with Crippen LogP contribution in [-0.2, 0) is 0 Å². The van der Waals surface area contributed by atoms with Crippen LogP contribution in [0.4, 0.5) is 0 Å². The Morgan fingerprint density at radius 2 is 1.52 bits per heavy atom. The molecule has 1 nitrogen and oxygen atoms in total. The van der Waals surface area contributed by atoms with E-state index in [1.807, 2.05) is 6.07 Å². The molecule has 0 atom stereocenters. The van der Waals surface area contributed by atoms with Crippen molar-refractivity contribution in [1.82, 2.24) is 0 Å². The zero-order chi connectivity index (χ0) is 14.4. The number of rotatable bonds is 1. The summed E-state index contributed by atoms with van der Waals surface area (Å²) in [5.74, 6) is 0. The maximum Gasteiger partial charge on any atom is 0.136 e. The zero-order valence-electron chi connectivity index (χ0n) is 11.6. The average molecular weight is 337 g/mol. The molecule has 0 saturated carbocycles. The molecule has 4 rings (SSSR count). The van der Waals surface area contributed by atoms with Gasteiger partial charge in [-0.05, 0) is 47.9 Å². The Balaban J connectivity index is 1.99. The Morgan fingerprint density at radius 3 is 2.33 bits per heavy atom. The quantitative estimate of drug-likeness (QED) is 0.396. The van der Waals surface area contributed by atoms with Gasteiger partial charge in [0.15, 0.2) is 0 Å². The maximum atomic E-state index is 6.03. The highest BCUT2D eigenvalue weighted by atomic mass is 79.9. The smallest absolute Gasteiger partial charge is 0.136 e. The molecule has 3 aromatic carbocycles. The summed E-state index contributed by atoms with van der Waals surface area (Å²) in [6.07, 6.45) is 0. The second-order valence-electron chi connectivity index (χ2n) is 5.28. The summed E-state index contributed by atoms with van der Waals surface area (Å²) in [7, 11) is 0. The first-order valence-electron chi connectivity index (χ1n) is 6.90. The lowest BCUT2D eigenvalue weighted by Crippen LogP contribution is -1.76. The van der Waals surface area contributed by atoms with Gasteiger partial charge in [-0.25, -0.2) is 0 Å². The summed E-state index contributed by atoms with van der Waals surface area (Å²) >= 11 is 3.60. The second-order valence-corrected chi connectivity index (χ2v) is 6.13. The minimum atomic E-state index is 0.934. The van der Waals surface area contributed by atoms with Gasteiger partial charge in [-0.2, -0.15) is 0 Å². The molecule has 0 aliphatic rings. The van der Waals surface area contributed by atoms with Gasteiger partial charge in [0.1, 0.15) is 11.2 Å². The van der Waals surface area contributed by atoms with Crippen LogP contribution in [0.5, 0.6) is 0 Å². The molecule has 0 spiro atoms. The highest BCUT2D eigenvalue weighted by Crippen LogP contribution is 2.34. The van der Waals surface area contributed by atoms with E-state index in [9.17, 15) is 0 Å². The van der Waals surface area contributed by atoms with Gasteiger partial charge >= 0.3 is 0 Å². The van der Waals surface area contributed by atoms with E-state index in [0.717, 1.165) is 26.4 Å². The summed E-state index contributed by atoms with van der Waals surface area (Å²) < 4.78 is 7.15. The van der Waals surface area contributed by atoms with Crippen molar-refractivity contribution in [3.63, 3.8) is 0 Å². The fraction of sp³-hybridized carbons (Fsp3) is 0.0526. The minimum absolute atomic E-state index is 0.934. The van der Waals surface area contributed by atoms with E-state index in [0.29, 0.717) is 0 Å². The number of fused-ring (bicyclic) bond motifs is 3. The Labute approximate surface area is 131 Å². The lowest BCUT2D eigenvalue weighted by atomic mass is 10.0. The van der Waals surface area contributed by atoms with Crippen molar-refractivity contribution in [3.05, 3.63) is 70.7 Å². The van der Waals surface area contributed by atoms with Crippen molar-refractivity contribution in [3.8, 4) is 11.1 Å². The highest BCUT2D eigenvalue weighted by Gasteiger charge is 2.10. The van der Waals surface area contributed by atoms with Crippen molar-refractivity contribution >= 4 is 37.9 Å². The van der Waals surface area contributed by atoms with Crippen LogP contribution >= 0.6 is 15.9 Å². The van der Waals surface area contributed by atoms with E-state index in [4.69, 9.17) is 4.42 Å². The maximum absolute atomic E-state index is 6.03. The second kappa shape index (κ2) is 4.74. The predicted molar refractivity (Wildman–Crippen MR) is 91.6 cm³/mol. The number of benzene rings is 3. The van der Waals surface area contributed by atoms with Gasteiger partial charge < -0.3 is 4.42 Å². The fourth-order valence-electron chi connectivity index (χ4n) is 2.71. The molecule has 0 aliphatic carbocycles. The van der Waals surface area contributed by atoms with E-state index >= 15 is 0 Å². The third-order valence-corrected chi connectivity index (χ3v) is 4.71. The SMILES string of the molecule is Cc1cc2oc3cc(-c4ccccc4)ccc3c2cc1Br. The first-order chi connectivity index (χ1) is 10.2. The Hall–Kier alpha value is -2.06. The van der Waals surface area contributed by atoms with Crippen molar-refractivity contribution in [2.24, 2.45) is 0 Å². The summed E-state index contributed by atoms with van der Waals surface area (Å²) in [4.78, 5) is 0. The van der Waals surface area contributed by atoms with Crippen LogP contribution in [-0.4, -0.2) is 0 Å². The van der Waals surface area contributed by atoms with Crippen LogP contribution in [0.3, 0.4) is 0 Å². The van der Waals surface area contributed by atoms with Gasteiger partial charge in [0, 0.05) is 15.2 Å². The molecule has 4 aromatic rings. The number of halogens is 1. The monoisotopic (exact) mass is 336 g/mol. The van der Waals surface area contributed by atoms with Crippen LogP contribution in [0.1, 0.15) is 5.56 Å². The molecule has 0 unspecified atom stereocenters. The number of furan rings is 1. The summed E-state index contributed by atoms with van der Waals surface area (Å²) in [6, 6.07) is 21.0. The van der Waals surface area contributed by atoms with Crippen LogP contribution in [0.15, 0.2) is 69.6 Å². The zero-order valence-corrected chi connectivity index (χ0v) is 13.1. The normalized spacial score (nSPS) is 11.3. The molecule has 0 aliphatic heterocycles. The summed E-state index contributed by atoms with van der Waals surface area (Å²) in [6.45, 7) is 2.08. The molecule has 0 amide bonds. The lowest BCUT2D eigenvalue weighted by molar-refractivity contribution is 0.668. The molecule has 1 heterocycles. The van der Waals surface area contributed by atoms with E-state index in [2.05, 4.69) is 77.5 Å². The average Bonchev–Trinajstić information content (AvgIpc) is 2.85. The van der Waals surface area contributed by atoms with E-state index in [1.165, 1.54) is 16.7 Å². The molecule has 102 valence electrons. The third kappa shape index (κ3) is 2.07. The van der Waals surface area contributed by atoms with Crippen LogP contribution in [0, 0.1) is 6.92 Å². The van der Waals surface area contributed by atoms with Crippen LogP contribution in [0.25, 0.3) is 33.1 Å². The van der Waals surface area contributed by atoms with E-state index in [1.54, 1.807) is 0 Å². The van der Waals surface area contributed by atoms with Gasteiger partial charge in [0.05, 0.1) is 0 Å². The van der Waals surface area contributed by atoms with Gasteiger partial charge in [-0.15, -0.1) is 0 Å². The molecule has 1 aromatic heterocycles. The fourth-order valence-corrected chi connectivity index (χ4v) is 3.05. The highest BCUT2D eigenvalue weighted by molar-refractivity contribution is 9.10. The molecule has 2 heteroatoms. The topological polar surface area (TPSA) is 13.1 Å². The van der Waals surface area contributed by atoms with Gasteiger partial charge in [-0.3, -0.25) is 0 Å². The molecule has 0 fully saturated rings. The number of aryl methyl sites for hydroxylation is 1. The molecule has 21 heavy (non-hydrogen) atoms. The standard InChI is InChI=1S/C19H13BrO/c1-12-9-18-16(11-17(12)20)15-8-7-14(10-19(15)21-18)13-5-3-2-4-6-13/h2-11H,1H3. The lowest BCUT2D eigenvalue weighted by Gasteiger charge is -2.00. The Bertz CT molecular complexity index is 952. The molecular formula is C19H13BrO. The van der Waals surface area contributed by atoms with Crippen molar-refractivity contribution in [1.29, 1.82) is 0 Å². The third-order valence-electron chi connectivity index (χ3n) is 3.86. The molecular weight excluding hydrogens is 324 g/mol. The van der Waals surface area contributed by atoms with Crippen LogP contribution < -0.4 is 0 Å². The van der Waals surface area contributed by atoms with Gasteiger partial charge in [-0.1, -0.05) is 52.3 Å². The van der Waals surface area contributed by atoms with E-state index < -0.39 is 0 Å². The van der Waals surface area contributed by atoms with Gasteiger partial charge in [0.2, 0.25) is 0 Å². The first kappa shape index (κ1) is 12.7. The van der Waals surface area contributed by atoms with Crippen molar-refractivity contribution in [2.45, 2.75) is 6.92 Å². The molecule has 0 radical (unpaired) electrons. The Kier molecular flexibility index (Phi) is 2.86. The predicted octanol–water partition coefficient (Wildman–Crippen LogP) is 6.32. The summed E-state index contributed by atoms with van der Waals surface area (Å²) in [5.41, 5.74) is 5.44. The van der Waals surface area contributed by atoms with Gasteiger partial charge in [0.25, 0.3) is 0 Å². The molecule has 0 saturated heterocycles. The number of hydrogen-bond acceptors (Lipinski definition) is 1.